The number of nitrogens with zero attached hydrogens (tertiary/aromatic N) is 4. The van der Waals surface area contributed by atoms with E-state index in [1.165, 1.54) is 0 Å². The molecule has 1 N–H and O–H groups in total. The third kappa shape index (κ3) is 2.29. The summed E-state index contributed by atoms with van der Waals surface area (Å²) in [6, 6.07) is 1.97. The van der Waals surface area contributed by atoms with E-state index in [2.05, 4.69) is 16.1 Å². The summed E-state index contributed by atoms with van der Waals surface area (Å²) in [7, 11) is 1.87. The Balaban J connectivity index is 1.86. The number of likely N-dealkylation sites (tertiary alicyclic amines) is 1. The van der Waals surface area contributed by atoms with Crippen molar-refractivity contribution in [2.24, 2.45) is 7.05 Å². The first-order chi connectivity index (χ1) is 9.58. The molecule has 0 bridgehead atoms. The van der Waals surface area contributed by atoms with E-state index >= 15 is 0 Å². The fourth-order valence-electron chi connectivity index (χ4n) is 2.98. The van der Waals surface area contributed by atoms with E-state index in [1.54, 1.807) is 4.68 Å². The van der Waals surface area contributed by atoms with Crippen molar-refractivity contribution in [3.05, 3.63) is 23.5 Å². The van der Waals surface area contributed by atoms with Crippen molar-refractivity contribution in [2.45, 2.75) is 32.1 Å². The van der Waals surface area contributed by atoms with Gasteiger partial charge in [-0.15, -0.1) is 0 Å². The highest BCUT2D eigenvalue weighted by Crippen LogP contribution is 2.24. The Morgan fingerprint density at radius 3 is 3.05 bits per heavy atom. The van der Waals surface area contributed by atoms with Gasteiger partial charge in [0.05, 0.1) is 12.3 Å². The summed E-state index contributed by atoms with van der Waals surface area (Å²) in [5, 5.41) is 14.7. The molecule has 20 heavy (non-hydrogen) atoms. The molecule has 3 heterocycles. The number of halogens is 1. The minimum absolute atomic E-state index is 0.00200. The standard InChI is InChI=1S/C14H19FN4O/c1-9-13-3-10(5-16-14(13)18(2)17-9)6-19-7-11(15)4-12(19)8-20/h3,5,11-12,20H,4,6-8H2,1-2H3/t11-,12-/m0/s1. The molecule has 0 radical (unpaired) electrons. The van der Waals surface area contributed by atoms with E-state index < -0.39 is 6.17 Å². The Morgan fingerprint density at radius 1 is 1.50 bits per heavy atom. The molecule has 2 aromatic rings. The Kier molecular flexibility index (Phi) is 3.43. The Labute approximate surface area is 117 Å². The first kappa shape index (κ1) is 13.5. The summed E-state index contributed by atoms with van der Waals surface area (Å²) in [4.78, 5) is 6.42. The smallest absolute Gasteiger partial charge is 0.157 e. The number of fused-ring (bicyclic) bond motifs is 1. The fourth-order valence-corrected chi connectivity index (χ4v) is 2.98. The molecule has 1 aliphatic heterocycles. The van der Waals surface area contributed by atoms with Gasteiger partial charge in [-0.3, -0.25) is 9.58 Å². The van der Waals surface area contributed by atoms with Crippen molar-refractivity contribution in [1.29, 1.82) is 0 Å². The molecule has 5 nitrogen and oxygen atoms in total. The maximum Gasteiger partial charge on any atom is 0.157 e. The number of aliphatic hydroxyl groups is 1. The van der Waals surface area contributed by atoms with Gasteiger partial charge in [-0.2, -0.15) is 5.10 Å². The van der Waals surface area contributed by atoms with E-state index in [4.69, 9.17) is 0 Å². The molecular weight excluding hydrogens is 259 g/mol. The number of pyridine rings is 1. The van der Waals surface area contributed by atoms with Crippen LogP contribution in [0.2, 0.25) is 0 Å². The molecule has 3 rings (SSSR count). The second kappa shape index (κ2) is 5.10. The number of aromatic nitrogens is 3. The van der Waals surface area contributed by atoms with Crippen LogP contribution < -0.4 is 0 Å². The third-order valence-corrected chi connectivity index (χ3v) is 3.99. The van der Waals surface area contributed by atoms with Crippen LogP contribution in [0.4, 0.5) is 4.39 Å². The van der Waals surface area contributed by atoms with E-state index in [0.29, 0.717) is 19.5 Å². The van der Waals surface area contributed by atoms with Crippen molar-refractivity contribution in [3.63, 3.8) is 0 Å². The number of hydrogen-bond acceptors (Lipinski definition) is 4. The van der Waals surface area contributed by atoms with Gasteiger partial charge in [0.25, 0.3) is 0 Å². The quantitative estimate of drug-likeness (QED) is 0.916. The van der Waals surface area contributed by atoms with Crippen LogP contribution in [0.25, 0.3) is 11.0 Å². The number of aryl methyl sites for hydroxylation is 2. The van der Waals surface area contributed by atoms with Gasteiger partial charge in [0.2, 0.25) is 0 Å². The van der Waals surface area contributed by atoms with Crippen LogP contribution in [0.5, 0.6) is 0 Å². The van der Waals surface area contributed by atoms with Crippen LogP contribution in [0.1, 0.15) is 17.7 Å². The Bertz CT molecular complexity index is 627. The van der Waals surface area contributed by atoms with Crippen LogP contribution in [0, 0.1) is 6.92 Å². The highest BCUT2D eigenvalue weighted by atomic mass is 19.1. The minimum atomic E-state index is -0.844. The molecule has 1 saturated heterocycles. The summed E-state index contributed by atoms with van der Waals surface area (Å²) in [5.41, 5.74) is 2.83. The molecule has 2 atom stereocenters. The van der Waals surface area contributed by atoms with Crippen molar-refractivity contribution < 1.29 is 9.50 Å². The van der Waals surface area contributed by atoms with Gasteiger partial charge >= 0.3 is 0 Å². The lowest BCUT2D eigenvalue weighted by molar-refractivity contribution is 0.153. The highest BCUT2D eigenvalue weighted by molar-refractivity contribution is 5.78. The molecule has 1 aliphatic rings. The van der Waals surface area contributed by atoms with Crippen molar-refractivity contribution in [1.82, 2.24) is 19.7 Å². The molecule has 2 aromatic heterocycles. The monoisotopic (exact) mass is 278 g/mol. The second-order valence-electron chi connectivity index (χ2n) is 5.52. The van der Waals surface area contributed by atoms with E-state index in [9.17, 15) is 9.50 Å². The average molecular weight is 278 g/mol. The van der Waals surface area contributed by atoms with Gasteiger partial charge in [0.15, 0.2) is 5.65 Å². The van der Waals surface area contributed by atoms with Crippen molar-refractivity contribution in [3.8, 4) is 0 Å². The predicted molar refractivity (Wildman–Crippen MR) is 74.0 cm³/mol. The Hall–Kier alpha value is -1.53. The second-order valence-corrected chi connectivity index (χ2v) is 5.52. The molecule has 0 unspecified atom stereocenters. The Morgan fingerprint density at radius 2 is 2.30 bits per heavy atom. The summed E-state index contributed by atoms with van der Waals surface area (Å²) in [6.45, 7) is 2.96. The SMILES string of the molecule is Cc1nn(C)c2ncc(CN3C[C@@H](F)C[C@H]3CO)cc12. The summed E-state index contributed by atoms with van der Waals surface area (Å²) >= 11 is 0. The first-order valence-electron chi connectivity index (χ1n) is 6.85. The zero-order valence-corrected chi connectivity index (χ0v) is 11.8. The molecule has 0 spiro atoms. The zero-order chi connectivity index (χ0) is 14.3. The van der Waals surface area contributed by atoms with Crippen LogP contribution >= 0.6 is 0 Å². The highest BCUT2D eigenvalue weighted by Gasteiger charge is 2.31. The van der Waals surface area contributed by atoms with Gasteiger partial charge in [0.1, 0.15) is 6.17 Å². The lowest BCUT2D eigenvalue weighted by atomic mass is 10.2. The number of rotatable bonds is 3. The zero-order valence-electron chi connectivity index (χ0n) is 11.8. The van der Waals surface area contributed by atoms with Crippen LogP contribution in [0.15, 0.2) is 12.3 Å². The van der Waals surface area contributed by atoms with E-state index in [1.807, 2.05) is 25.1 Å². The molecule has 108 valence electrons. The predicted octanol–water partition coefficient (Wildman–Crippen LogP) is 1.18. The third-order valence-electron chi connectivity index (χ3n) is 3.99. The molecule has 0 saturated carbocycles. The summed E-state index contributed by atoms with van der Waals surface area (Å²) < 4.78 is 15.2. The summed E-state index contributed by atoms with van der Waals surface area (Å²) in [5.74, 6) is 0. The lowest BCUT2D eigenvalue weighted by Crippen LogP contribution is -2.31. The van der Waals surface area contributed by atoms with Gasteiger partial charge in [-0.1, -0.05) is 0 Å². The fraction of sp³-hybridized carbons (Fsp3) is 0.571. The normalized spacial score (nSPS) is 23.8. The van der Waals surface area contributed by atoms with Gasteiger partial charge < -0.3 is 5.11 Å². The maximum absolute atomic E-state index is 13.5. The number of hydrogen-bond donors (Lipinski definition) is 1. The van der Waals surface area contributed by atoms with Gasteiger partial charge in [0, 0.05) is 37.8 Å². The number of alkyl halides is 1. The largest absolute Gasteiger partial charge is 0.395 e. The number of aliphatic hydroxyl groups excluding tert-OH is 1. The van der Waals surface area contributed by atoms with Gasteiger partial charge in [-0.05, 0) is 25.0 Å². The van der Waals surface area contributed by atoms with E-state index in [-0.39, 0.29) is 12.6 Å². The van der Waals surface area contributed by atoms with Gasteiger partial charge in [-0.25, -0.2) is 9.37 Å². The first-order valence-corrected chi connectivity index (χ1v) is 6.85. The molecule has 6 heteroatoms. The van der Waals surface area contributed by atoms with Crippen molar-refractivity contribution >= 4 is 11.0 Å². The van der Waals surface area contributed by atoms with Crippen LogP contribution in [0.3, 0.4) is 0 Å². The van der Waals surface area contributed by atoms with Crippen LogP contribution in [-0.4, -0.2) is 50.1 Å². The molecule has 0 amide bonds. The molecule has 1 fully saturated rings. The van der Waals surface area contributed by atoms with Crippen molar-refractivity contribution in [2.75, 3.05) is 13.2 Å². The van der Waals surface area contributed by atoms with Crippen LogP contribution in [-0.2, 0) is 13.6 Å². The molecular formula is C14H19FN4O. The summed E-state index contributed by atoms with van der Waals surface area (Å²) in [6.07, 6.45) is 1.38. The minimum Gasteiger partial charge on any atom is -0.395 e. The molecule has 0 aliphatic carbocycles. The lowest BCUT2D eigenvalue weighted by Gasteiger charge is -2.21. The van der Waals surface area contributed by atoms with E-state index in [0.717, 1.165) is 22.3 Å². The average Bonchev–Trinajstić information content (AvgIpc) is 2.91. The maximum atomic E-state index is 13.5. The molecule has 0 aromatic carbocycles. The topological polar surface area (TPSA) is 54.2 Å².